The van der Waals surface area contributed by atoms with Crippen LogP contribution in [-0.2, 0) is 15.6 Å². The van der Waals surface area contributed by atoms with E-state index in [9.17, 15) is 8.42 Å². The first kappa shape index (κ1) is 8.48. The third-order valence-electron chi connectivity index (χ3n) is 0.980. The van der Waals surface area contributed by atoms with Gasteiger partial charge in [0.05, 0.1) is 11.4 Å². The quantitative estimate of drug-likeness (QED) is 0.730. The van der Waals surface area contributed by atoms with Crippen molar-refractivity contribution in [2.75, 3.05) is 12.0 Å². The highest BCUT2D eigenvalue weighted by Crippen LogP contribution is 2.12. The molecule has 0 atom stereocenters. The molecule has 1 aromatic rings. The van der Waals surface area contributed by atoms with E-state index in [0.717, 1.165) is 0 Å². The average Bonchev–Trinajstić information content (AvgIpc) is 2.10. The van der Waals surface area contributed by atoms with E-state index in [4.69, 9.17) is 5.73 Å². The Kier molecular flexibility index (Phi) is 2.15. The van der Waals surface area contributed by atoms with Crippen molar-refractivity contribution in [3.63, 3.8) is 0 Å². The van der Waals surface area contributed by atoms with Gasteiger partial charge in [-0.25, -0.2) is 13.4 Å². The van der Waals surface area contributed by atoms with Crippen LogP contribution in [0, 0.1) is 0 Å². The zero-order chi connectivity index (χ0) is 8.48. The Bertz CT molecular complexity index is 341. The molecule has 0 aliphatic rings. The molecule has 6 heteroatoms. The van der Waals surface area contributed by atoms with Crippen molar-refractivity contribution in [2.45, 2.75) is 5.75 Å². The van der Waals surface area contributed by atoms with Crippen molar-refractivity contribution < 1.29 is 8.42 Å². The summed E-state index contributed by atoms with van der Waals surface area (Å²) >= 11 is 1.25. The maximum Gasteiger partial charge on any atom is 0.180 e. The second-order valence-electron chi connectivity index (χ2n) is 2.25. The average molecular weight is 192 g/mol. The van der Waals surface area contributed by atoms with E-state index in [0.29, 0.717) is 10.8 Å². The van der Waals surface area contributed by atoms with Crippen LogP contribution >= 0.6 is 11.3 Å². The van der Waals surface area contributed by atoms with Crippen molar-refractivity contribution in [1.29, 1.82) is 0 Å². The van der Waals surface area contributed by atoms with Crippen molar-refractivity contribution in [1.82, 2.24) is 4.98 Å². The molecule has 1 rings (SSSR count). The fourth-order valence-electron chi connectivity index (χ4n) is 0.658. The summed E-state index contributed by atoms with van der Waals surface area (Å²) in [6, 6.07) is 0. The summed E-state index contributed by atoms with van der Waals surface area (Å²) in [6.07, 6.45) is 1.17. The van der Waals surface area contributed by atoms with E-state index >= 15 is 0 Å². The number of anilines is 1. The molecule has 0 aromatic carbocycles. The van der Waals surface area contributed by atoms with E-state index in [1.807, 2.05) is 0 Å². The molecule has 0 aliphatic heterocycles. The smallest absolute Gasteiger partial charge is 0.180 e. The van der Waals surface area contributed by atoms with Crippen LogP contribution < -0.4 is 5.73 Å². The Hall–Kier alpha value is -0.620. The molecule has 0 spiro atoms. The first-order valence-electron chi connectivity index (χ1n) is 2.85. The maximum atomic E-state index is 10.7. The van der Waals surface area contributed by atoms with Gasteiger partial charge in [0.1, 0.15) is 0 Å². The van der Waals surface area contributed by atoms with Gasteiger partial charge in [0.2, 0.25) is 0 Å². The molecule has 0 bridgehead atoms. The van der Waals surface area contributed by atoms with Crippen LogP contribution in [0.3, 0.4) is 0 Å². The number of nitrogens with zero attached hydrogens (tertiary/aromatic N) is 1. The minimum atomic E-state index is -2.98. The Balaban J connectivity index is 2.81. The fourth-order valence-corrected chi connectivity index (χ4v) is 2.01. The molecular weight excluding hydrogens is 184 g/mol. The van der Waals surface area contributed by atoms with Gasteiger partial charge in [-0.15, -0.1) is 11.3 Å². The van der Waals surface area contributed by atoms with E-state index in [-0.39, 0.29) is 5.75 Å². The van der Waals surface area contributed by atoms with Crippen LogP contribution in [0.4, 0.5) is 5.13 Å². The number of thiazole rings is 1. The van der Waals surface area contributed by atoms with Crippen molar-refractivity contribution >= 4 is 26.3 Å². The molecule has 1 heterocycles. The van der Waals surface area contributed by atoms with Gasteiger partial charge >= 0.3 is 0 Å². The van der Waals surface area contributed by atoms with Gasteiger partial charge in [0, 0.05) is 11.6 Å². The lowest BCUT2D eigenvalue weighted by atomic mass is 10.6. The number of hydrogen-bond donors (Lipinski definition) is 1. The largest absolute Gasteiger partial charge is 0.375 e. The zero-order valence-corrected chi connectivity index (χ0v) is 7.58. The molecule has 0 saturated carbocycles. The Labute approximate surface area is 69.0 Å². The molecule has 0 fully saturated rings. The summed E-state index contributed by atoms with van der Waals surface area (Å²) in [5.74, 6) is -0.0271. The highest BCUT2D eigenvalue weighted by atomic mass is 32.2. The molecule has 2 N–H and O–H groups in total. The Morgan fingerprint density at radius 2 is 2.36 bits per heavy atom. The summed E-state index contributed by atoms with van der Waals surface area (Å²) in [5, 5.41) is 2.06. The van der Waals surface area contributed by atoms with Crippen LogP contribution in [0.15, 0.2) is 5.38 Å². The van der Waals surface area contributed by atoms with E-state index < -0.39 is 9.84 Å². The number of sulfone groups is 1. The molecule has 4 nitrogen and oxygen atoms in total. The van der Waals surface area contributed by atoms with Crippen LogP contribution in [-0.4, -0.2) is 19.7 Å². The van der Waals surface area contributed by atoms with Gasteiger partial charge in [0.15, 0.2) is 15.0 Å². The molecule has 0 amide bonds. The molecule has 11 heavy (non-hydrogen) atoms. The summed E-state index contributed by atoms with van der Waals surface area (Å²) < 4.78 is 21.5. The van der Waals surface area contributed by atoms with Gasteiger partial charge in [-0.05, 0) is 0 Å². The van der Waals surface area contributed by atoms with Crippen LogP contribution in [0.25, 0.3) is 0 Å². The molecule has 0 radical (unpaired) electrons. The zero-order valence-electron chi connectivity index (χ0n) is 5.94. The summed E-state index contributed by atoms with van der Waals surface area (Å²) in [4.78, 5) is 3.81. The van der Waals surface area contributed by atoms with Crippen molar-refractivity contribution in [3.05, 3.63) is 11.1 Å². The summed E-state index contributed by atoms with van der Waals surface area (Å²) in [6.45, 7) is 0. The van der Waals surface area contributed by atoms with Gasteiger partial charge in [-0.3, -0.25) is 0 Å². The minimum absolute atomic E-state index is 0.0271. The van der Waals surface area contributed by atoms with Crippen LogP contribution in [0.1, 0.15) is 5.69 Å². The molecule has 1 aromatic heterocycles. The monoisotopic (exact) mass is 192 g/mol. The Morgan fingerprint density at radius 3 is 2.73 bits per heavy atom. The fraction of sp³-hybridized carbons (Fsp3) is 0.400. The van der Waals surface area contributed by atoms with Crippen molar-refractivity contribution in [2.24, 2.45) is 0 Å². The van der Waals surface area contributed by atoms with Crippen LogP contribution in [0.5, 0.6) is 0 Å². The molecule has 0 aliphatic carbocycles. The van der Waals surface area contributed by atoms with E-state index in [1.54, 1.807) is 5.38 Å². The van der Waals surface area contributed by atoms with Gasteiger partial charge in [-0.2, -0.15) is 0 Å². The third-order valence-corrected chi connectivity index (χ3v) is 2.52. The van der Waals surface area contributed by atoms with E-state index in [1.165, 1.54) is 17.6 Å². The standard InChI is InChI=1S/C5H8N2O2S2/c1-11(8,9)3-4-2-10-5(6)7-4/h2H,3H2,1H3,(H2,6,7). The van der Waals surface area contributed by atoms with Crippen molar-refractivity contribution in [3.8, 4) is 0 Å². The Morgan fingerprint density at radius 1 is 1.73 bits per heavy atom. The lowest BCUT2D eigenvalue weighted by molar-refractivity contribution is 0.600. The number of nitrogens with two attached hydrogens (primary N) is 1. The number of nitrogen functional groups attached to an aromatic ring is 1. The normalized spacial score (nSPS) is 11.7. The highest BCUT2D eigenvalue weighted by molar-refractivity contribution is 7.89. The topological polar surface area (TPSA) is 73.0 Å². The number of rotatable bonds is 2. The lowest BCUT2D eigenvalue weighted by Gasteiger charge is -1.90. The summed E-state index contributed by atoms with van der Waals surface area (Å²) in [5.41, 5.74) is 5.83. The second kappa shape index (κ2) is 2.78. The molecule has 0 unspecified atom stereocenters. The second-order valence-corrected chi connectivity index (χ2v) is 5.28. The van der Waals surface area contributed by atoms with Crippen LogP contribution in [0.2, 0.25) is 0 Å². The first-order chi connectivity index (χ1) is 4.97. The van der Waals surface area contributed by atoms with Gasteiger partial charge in [-0.1, -0.05) is 0 Å². The predicted molar refractivity (Wildman–Crippen MR) is 45.1 cm³/mol. The lowest BCUT2D eigenvalue weighted by Crippen LogP contribution is -2.00. The third kappa shape index (κ3) is 2.85. The van der Waals surface area contributed by atoms with E-state index in [2.05, 4.69) is 4.98 Å². The minimum Gasteiger partial charge on any atom is -0.375 e. The molecule has 62 valence electrons. The summed E-state index contributed by atoms with van der Waals surface area (Å²) in [7, 11) is -2.98. The first-order valence-corrected chi connectivity index (χ1v) is 5.79. The molecule has 0 saturated heterocycles. The highest BCUT2D eigenvalue weighted by Gasteiger charge is 2.06. The SMILES string of the molecule is CS(=O)(=O)Cc1csc(N)n1. The van der Waals surface area contributed by atoms with Gasteiger partial charge in [0.25, 0.3) is 0 Å². The number of aromatic nitrogens is 1. The van der Waals surface area contributed by atoms with Gasteiger partial charge < -0.3 is 5.73 Å². The molecular formula is C5H8N2O2S2. The number of hydrogen-bond acceptors (Lipinski definition) is 5. The predicted octanol–water partition coefficient (Wildman–Crippen LogP) is 0.270. The maximum absolute atomic E-state index is 10.7.